The van der Waals surface area contributed by atoms with Crippen LogP contribution in [0, 0.1) is 36.0 Å². The normalized spacial score (nSPS) is 19.9. The standard InChI is InChI=1S/C17H18O6/c1-2-3-4-7-10-13(18)16-14(22-17(21)23-16)11-8-5-6-9-12-15(19)20/h1,13-14,16,18H,5-6,8-9,11-12H2,(H,19,20). The summed E-state index contributed by atoms with van der Waals surface area (Å²) in [6.07, 6.45) is 5.06. The number of rotatable bonds is 8. The van der Waals surface area contributed by atoms with Gasteiger partial charge < -0.3 is 19.7 Å². The van der Waals surface area contributed by atoms with E-state index in [2.05, 4.69) is 29.6 Å². The number of carboxylic acids is 1. The molecule has 1 heterocycles. The molecule has 3 unspecified atom stereocenters. The molecule has 122 valence electrons. The van der Waals surface area contributed by atoms with Crippen LogP contribution in [0.5, 0.6) is 0 Å². The molecule has 23 heavy (non-hydrogen) atoms. The molecule has 0 bridgehead atoms. The SMILES string of the molecule is C#CC#CC#CC(O)C1OC(=O)OC1CCCCCCC(=O)O. The predicted molar refractivity (Wildman–Crippen MR) is 80.9 cm³/mol. The number of aliphatic hydroxyl groups is 1. The fourth-order valence-electron chi connectivity index (χ4n) is 2.13. The number of hydrogen-bond acceptors (Lipinski definition) is 5. The summed E-state index contributed by atoms with van der Waals surface area (Å²) in [6.45, 7) is 0. The fourth-order valence-corrected chi connectivity index (χ4v) is 2.13. The molecule has 0 amide bonds. The highest BCUT2D eigenvalue weighted by atomic mass is 16.8. The van der Waals surface area contributed by atoms with Crippen molar-refractivity contribution in [2.24, 2.45) is 0 Å². The van der Waals surface area contributed by atoms with E-state index < -0.39 is 30.4 Å². The molecule has 1 aliphatic rings. The van der Waals surface area contributed by atoms with Gasteiger partial charge in [-0.15, -0.1) is 6.42 Å². The van der Waals surface area contributed by atoms with Crippen LogP contribution in [0.3, 0.4) is 0 Å². The molecular weight excluding hydrogens is 300 g/mol. The van der Waals surface area contributed by atoms with E-state index in [-0.39, 0.29) is 6.42 Å². The highest BCUT2D eigenvalue weighted by molar-refractivity contribution is 5.66. The van der Waals surface area contributed by atoms with Crippen LogP contribution >= 0.6 is 0 Å². The first-order chi connectivity index (χ1) is 11.0. The van der Waals surface area contributed by atoms with Crippen LogP contribution in [0.2, 0.25) is 0 Å². The number of aliphatic hydroxyl groups excluding tert-OH is 1. The van der Waals surface area contributed by atoms with Crippen molar-refractivity contribution in [3.8, 4) is 36.0 Å². The summed E-state index contributed by atoms with van der Waals surface area (Å²) in [5.74, 6) is 10.8. The van der Waals surface area contributed by atoms with E-state index in [4.69, 9.17) is 21.0 Å². The first kappa shape index (κ1) is 18.4. The molecule has 1 rings (SSSR count). The quantitative estimate of drug-likeness (QED) is 0.398. The zero-order valence-corrected chi connectivity index (χ0v) is 12.6. The Kier molecular flexibility index (Phi) is 8.14. The monoisotopic (exact) mass is 318 g/mol. The van der Waals surface area contributed by atoms with Crippen LogP contribution in [-0.4, -0.2) is 40.6 Å². The molecule has 3 atom stereocenters. The van der Waals surface area contributed by atoms with Crippen molar-refractivity contribution in [1.29, 1.82) is 0 Å². The lowest BCUT2D eigenvalue weighted by atomic mass is 10.0. The first-order valence-corrected chi connectivity index (χ1v) is 7.28. The van der Waals surface area contributed by atoms with E-state index in [0.717, 1.165) is 19.3 Å². The number of aliphatic carboxylic acids is 1. The van der Waals surface area contributed by atoms with Crippen LogP contribution in [0.1, 0.15) is 38.5 Å². The average molecular weight is 318 g/mol. The van der Waals surface area contributed by atoms with Gasteiger partial charge in [0.2, 0.25) is 0 Å². The Morgan fingerprint density at radius 1 is 1.17 bits per heavy atom. The van der Waals surface area contributed by atoms with Crippen molar-refractivity contribution in [3.05, 3.63) is 0 Å². The van der Waals surface area contributed by atoms with Gasteiger partial charge in [0.15, 0.2) is 12.2 Å². The lowest BCUT2D eigenvalue weighted by Crippen LogP contribution is -2.34. The molecule has 6 heteroatoms. The topological polar surface area (TPSA) is 93.1 Å². The minimum atomic E-state index is -1.20. The third-order valence-electron chi connectivity index (χ3n) is 3.20. The van der Waals surface area contributed by atoms with E-state index in [1.54, 1.807) is 0 Å². The summed E-state index contributed by atoms with van der Waals surface area (Å²) in [5.41, 5.74) is 0. The van der Waals surface area contributed by atoms with Gasteiger partial charge in [-0.2, -0.15) is 0 Å². The van der Waals surface area contributed by atoms with Gasteiger partial charge in [0.25, 0.3) is 0 Å². The summed E-state index contributed by atoms with van der Waals surface area (Å²) < 4.78 is 9.94. The molecule has 1 aliphatic heterocycles. The zero-order valence-electron chi connectivity index (χ0n) is 12.6. The number of hydrogen-bond donors (Lipinski definition) is 2. The van der Waals surface area contributed by atoms with E-state index in [1.807, 2.05) is 0 Å². The number of carboxylic acid groups (broad SMARTS) is 1. The maximum Gasteiger partial charge on any atom is 0.509 e. The Bertz CT molecular complexity index is 580. The van der Waals surface area contributed by atoms with Crippen molar-refractivity contribution in [3.63, 3.8) is 0 Å². The highest BCUT2D eigenvalue weighted by Crippen LogP contribution is 2.23. The summed E-state index contributed by atoms with van der Waals surface area (Å²) in [4.78, 5) is 21.6. The van der Waals surface area contributed by atoms with Gasteiger partial charge in [0.1, 0.15) is 6.10 Å². The van der Waals surface area contributed by atoms with Gasteiger partial charge in [-0.05, 0) is 42.9 Å². The van der Waals surface area contributed by atoms with Gasteiger partial charge in [0, 0.05) is 6.42 Å². The van der Waals surface area contributed by atoms with Crippen LogP contribution in [0.4, 0.5) is 4.79 Å². The Morgan fingerprint density at radius 2 is 1.91 bits per heavy atom. The fraction of sp³-hybridized carbons (Fsp3) is 0.529. The van der Waals surface area contributed by atoms with Gasteiger partial charge in [-0.25, -0.2) is 4.79 Å². The maximum absolute atomic E-state index is 11.2. The van der Waals surface area contributed by atoms with Gasteiger partial charge in [-0.1, -0.05) is 18.8 Å². The van der Waals surface area contributed by atoms with Crippen LogP contribution in [-0.2, 0) is 14.3 Å². The number of ether oxygens (including phenoxy) is 2. The third kappa shape index (κ3) is 7.27. The molecule has 1 saturated heterocycles. The van der Waals surface area contributed by atoms with E-state index in [0.29, 0.717) is 12.8 Å². The molecule has 0 aliphatic carbocycles. The molecule has 0 radical (unpaired) electrons. The van der Waals surface area contributed by atoms with E-state index in [1.165, 1.54) is 0 Å². The molecule has 0 aromatic carbocycles. The Balaban J connectivity index is 2.40. The van der Waals surface area contributed by atoms with E-state index >= 15 is 0 Å². The molecule has 1 fully saturated rings. The Labute approximate surface area is 135 Å². The number of carbonyl (C=O) groups is 2. The lowest BCUT2D eigenvalue weighted by Gasteiger charge is -2.16. The number of unbranched alkanes of at least 4 members (excludes halogenated alkanes) is 3. The van der Waals surface area contributed by atoms with Crippen molar-refractivity contribution in [2.75, 3.05) is 0 Å². The minimum Gasteiger partial charge on any atom is -0.481 e. The van der Waals surface area contributed by atoms with Crippen molar-refractivity contribution < 1.29 is 29.3 Å². The summed E-state index contributed by atoms with van der Waals surface area (Å²) >= 11 is 0. The summed E-state index contributed by atoms with van der Waals surface area (Å²) in [5, 5.41) is 18.5. The third-order valence-corrected chi connectivity index (χ3v) is 3.20. The highest BCUT2D eigenvalue weighted by Gasteiger charge is 2.40. The number of cyclic esters (lactones) is 2. The molecule has 0 aromatic heterocycles. The zero-order chi connectivity index (χ0) is 17.1. The second-order valence-corrected chi connectivity index (χ2v) is 4.94. The first-order valence-electron chi connectivity index (χ1n) is 7.28. The summed E-state index contributed by atoms with van der Waals surface area (Å²) in [6, 6.07) is 0. The van der Waals surface area contributed by atoms with Gasteiger partial charge in [0.05, 0.1) is 0 Å². The van der Waals surface area contributed by atoms with Crippen molar-refractivity contribution in [1.82, 2.24) is 0 Å². The van der Waals surface area contributed by atoms with Crippen molar-refractivity contribution in [2.45, 2.75) is 56.8 Å². The average Bonchev–Trinajstić information content (AvgIpc) is 2.87. The molecular formula is C17H18O6. The minimum absolute atomic E-state index is 0.150. The largest absolute Gasteiger partial charge is 0.509 e. The number of terminal acetylenes is 1. The van der Waals surface area contributed by atoms with Crippen molar-refractivity contribution >= 4 is 12.1 Å². The summed E-state index contributed by atoms with van der Waals surface area (Å²) in [7, 11) is 0. The molecule has 0 spiro atoms. The second-order valence-electron chi connectivity index (χ2n) is 4.94. The van der Waals surface area contributed by atoms with Gasteiger partial charge in [-0.3, -0.25) is 4.79 Å². The van der Waals surface area contributed by atoms with Crippen LogP contribution in [0.15, 0.2) is 0 Å². The van der Waals surface area contributed by atoms with Crippen LogP contribution in [0.25, 0.3) is 0 Å². The molecule has 0 aromatic rings. The second kappa shape index (κ2) is 10.2. The Morgan fingerprint density at radius 3 is 2.61 bits per heavy atom. The van der Waals surface area contributed by atoms with Crippen LogP contribution < -0.4 is 0 Å². The predicted octanol–water partition coefficient (Wildman–Crippen LogP) is 1.32. The van der Waals surface area contributed by atoms with Gasteiger partial charge >= 0.3 is 12.1 Å². The lowest BCUT2D eigenvalue weighted by molar-refractivity contribution is -0.137. The molecule has 2 N–H and O–H groups in total. The number of carbonyl (C=O) groups excluding carboxylic acids is 1. The molecule has 6 nitrogen and oxygen atoms in total. The Hall–Kier alpha value is -2.62. The van der Waals surface area contributed by atoms with E-state index in [9.17, 15) is 14.7 Å². The maximum atomic E-state index is 11.2. The molecule has 0 saturated carbocycles. The smallest absolute Gasteiger partial charge is 0.481 e.